The van der Waals surface area contributed by atoms with Crippen LogP contribution in [0.15, 0.2) is 0 Å². The van der Waals surface area contributed by atoms with Crippen LogP contribution in [0.4, 0.5) is 26.3 Å². The minimum Gasteiger partial charge on any atom is -0.199 e. The molecule has 0 aliphatic carbocycles. The second-order valence-corrected chi connectivity index (χ2v) is 6.22. The summed E-state index contributed by atoms with van der Waals surface area (Å²) >= 11 is 0. The first-order valence-corrected chi connectivity index (χ1v) is 5.13. The van der Waals surface area contributed by atoms with Gasteiger partial charge in [-0.1, -0.05) is 41.5 Å². The molecule has 0 saturated heterocycles. The molecule has 0 unspecified atom stereocenters. The third-order valence-corrected chi connectivity index (χ3v) is 2.67. The minimum atomic E-state index is -5.41. The van der Waals surface area contributed by atoms with E-state index in [4.69, 9.17) is 0 Å². The van der Waals surface area contributed by atoms with Crippen molar-refractivity contribution in [3.8, 4) is 0 Å². The van der Waals surface area contributed by atoms with Gasteiger partial charge in [0, 0.05) is 10.8 Å². The van der Waals surface area contributed by atoms with Crippen molar-refractivity contribution in [2.75, 3.05) is 0 Å². The number of halogens is 6. The fourth-order valence-corrected chi connectivity index (χ4v) is 1.14. The number of hydrogen-bond acceptors (Lipinski definition) is 0. The van der Waals surface area contributed by atoms with Crippen LogP contribution in [0.2, 0.25) is 0 Å². The maximum atomic E-state index is 13.5. The van der Waals surface area contributed by atoms with E-state index in [-0.39, 0.29) is 0 Å². The van der Waals surface area contributed by atoms with Crippen molar-refractivity contribution < 1.29 is 26.3 Å². The van der Waals surface area contributed by atoms with E-state index >= 15 is 0 Å². The molecule has 0 spiro atoms. The third-order valence-electron chi connectivity index (χ3n) is 2.67. The average Bonchev–Trinajstić information content (AvgIpc) is 1.98. The molecule has 0 amide bonds. The highest BCUT2D eigenvalue weighted by molar-refractivity contribution is 5.05. The predicted molar refractivity (Wildman–Crippen MR) is 53.8 cm³/mol. The Morgan fingerprint density at radius 3 is 0.706 bits per heavy atom. The van der Waals surface area contributed by atoms with Crippen LogP contribution in [0.5, 0.6) is 0 Å². The van der Waals surface area contributed by atoms with Gasteiger partial charge in [-0.05, 0) is 0 Å². The van der Waals surface area contributed by atoms with Crippen molar-refractivity contribution in [2.45, 2.75) is 59.3 Å². The van der Waals surface area contributed by atoms with Crippen molar-refractivity contribution in [2.24, 2.45) is 10.8 Å². The van der Waals surface area contributed by atoms with Gasteiger partial charge >= 0.3 is 17.8 Å². The SMILES string of the molecule is CC(C)(C)C(F)(F)C(F)(F)C(F)(F)C(C)(C)C. The molecule has 0 aromatic carbocycles. The number of rotatable bonds is 2. The fraction of sp³-hybridized carbons (Fsp3) is 1.00. The van der Waals surface area contributed by atoms with E-state index in [1.54, 1.807) is 0 Å². The zero-order chi connectivity index (χ0) is 14.5. The van der Waals surface area contributed by atoms with Gasteiger partial charge in [-0.25, -0.2) is 0 Å². The molecule has 0 aromatic heterocycles. The fourth-order valence-electron chi connectivity index (χ4n) is 1.14. The second kappa shape index (κ2) is 3.79. The average molecular weight is 264 g/mol. The lowest BCUT2D eigenvalue weighted by molar-refractivity contribution is -0.359. The smallest absolute Gasteiger partial charge is 0.199 e. The minimum absolute atomic E-state index is 0.805. The maximum Gasteiger partial charge on any atom is 0.372 e. The first-order valence-electron chi connectivity index (χ1n) is 5.13. The molecule has 0 atom stereocenters. The van der Waals surface area contributed by atoms with Crippen molar-refractivity contribution in [3.63, 3.8) is 0 Å². The van der Waals surface area contributed by atoms with Gasteiger partial charge in [0.25, 0.3) is 0 Å². The Kier molecular flexibility index (Phi) is 3.69. The van der Waals surface area contributed by atoms with Crippen LogP contribution in [-0.4, -0.2) is 17.8 Å². The lowest BCUT2D eigenvalue weighted by Gasteiger charge is -2.44. The van der Waals surface area contributed by atoms with Gasteiger partial charge in [0.15, 0.2) is 0 Å². The van der Waals surface area contributed by atoms with Crippen LogP contribution in [0.3, 0.4) is 0 Å². The van der Waals surface area contributed by atoms with Gasteiger partial charge in [0.1, 0.15) is 0 Å². The summed E-state index contributed by atoms with van der Waals surface area (Å²) in [6, 6.07) is 0. The van der Waals surface area contributed by atoms with Crippen LogP contribution in [0, 0.1) is 10.8 Å². The Morgan fingerprint density at radius 1 is 0.412 bits per heavy atom. The van der Waals surface area contributed by atoms with E-state index in [0.29, 0.717) is 0 Å². The molecule has 0 radical (unpaired) electrons. The zero-order valence-electron chi connectivity index (χ0n) is 10.8. The normalized spacial score (nSPS) is 16.2. The molecule has 0 aliphatic heterocycles. The van der Waals surface area contributed by atoms with Crippen molar-refractivity contribution >= 4 is 0 Å². The molecule has 0 bridgehead atoms. The highest BCUT2D eigenvalue weighted by Crippen LogP contribution is 2.58. The quantitative estimate of drug-likeness (QED) is 0.617. The maximum absolute atomic E-state index is 13.5. The first-order chi connectivity index (χ1) is 7.00. The summed E-state index contributed by atoms with van der Waals surface area (Å²) in [5.41, 5.74) is -4.52. The summed E-state index contributed by atoms with van der Waals surface area (Å²) in [6.07, 6.45) is 0. The Morgan fingerprint density at radius 2 is 0.588 bits per heavy atom. The van der Waals surface area contributed by atoms with E-state index in [2.05, 4.69) is 0 Å². The van der Waals surface area contributed by atoms with E-state index < -0.39 is 28.6 Å². The molecule has 104 valence electrons. The largest absolute Gasteiger partial charge is 0.372 e. The summed E-state index contributed by atoms with van der Waals surface area (Å²) in [6.45, 7) is 4.83. The second-order valence-electron chi connectivity index (χ2n) is 6.22. The molecule has 17 heavy (non-hydrogen) atoms. The summed E-state index contributed by atoms with van der Waals surface area (Å²) in [5, 5.41) is 0. The van der Waals surface area contributed by atoms with Gasteiger partial charge in [-0.2, -0.15) is 26.3 Å². The van der Waals surface area contributed by atoms with Crippen molar-refractivity contribution in [1.29, 1.82) is 0 Å². The third kappa shape index (κ3) is 2.27. The number of hydrogen-bond donors (Lipinski definition) is 0. The van der Waals surface area contributed by atoms with Crippen molar-refractivity contribution in [3.05, 3.63) is 0 Å². The van der Waals surface area contributed by atoms with E-state index in [1.165, 1.54) is 0 Å². The molecule has 0 aromatic rings. The van der Waals surface area contributed by atoms with Crippen LogP contribution >= 0.6 is 0 Å². The van der Waals surface area contributed by atoms with Crippen LogP contribution in [0.1, 0.15) is 41.5 Å². The van der Waals surface area contributed by atoms with E-state index in [0.717, 1.165) is 41.5 Å². The molecule has 0 N–H and O–H groups in total. The molecule has 0 saturated carbocycles. The Hall–Kier alpha value is -0.420. The molecule has 0 fully saturated rings. The Labute approximate surface area is 97.4 Å². The lowest BCUT2D eigenvalue weighted by Crippen LogP contribution is -2.63. The summed E-state index contributed by atoms with van der Waals surface area (Å²) in [5.74, 6) is -15.0. The molecule has 0 rings (SSSR count). The van der Waals surface area contributed by atoms with E-state index in [1.807, 2.05) is 0 Å². The molecule has 0 aliphatic rings. The molecular formula is C11H18F6. The lowest BCUT2D eigenvalue weighted by atomic mass is 9.75. The van der Waals surface area contributed by atoms with Gasteiger partial charge in [-0.15, -0.1) is 0 Å². The van der Waals surface area contributed by atoms with Crippen molar-refractivity contribution in [1.82, 2.24) is 0 Å². The van der Waals surface area contributed by atoms with E-state index in [9.17, 15) is 26.3 Å². The molecule has 0 heterocycles. The van der Waals surface area contributed by atoms with Gasteiger partial charge in [0.05, 0.1) is 0 Å². The molecule has 6 heteroatoms. The van der Waals surface area contributed by atoms with Crippen LogP contribution < -0.4 is 0 Å². The van der Waals surface area contributed by atoms with Gasteiger partial charge in [-0.3, -0.25) is 0 Å². The standard InChI is InChI=1S/C11H18F6/c1-7(2,3)9(12,13)11(16,17)10(14,15)8(4,5)6/h1-6H3. The zero-order valence-corrected chi connectivity index (χ0v) is 10.8. The van der Waals surface area contributed by atoms with Crippen LogP contribution in [0.25, 0.3) is 0 Å². The first kappa shape index (κ1) is 16.6. The van der Waals surface area contributed by atoms with Gasteiger partial charge < -0.3 is 0 Å². The monoisotopic (exact) mass is 264 g/mol. The summed E-state index contributed by atoms with van der Waals surface area (Å²) < 4.78 is 81.0. The highest BCUT2D eigenvalue weighted by atomic mass is 19.3. The van der Waals surface area contributed by atoms with Gasteiger partial charge in [0.2, 0.25) is 0 Å². The van der Waals surface area contributed by atoms with Crippen LogP contribution in [-0.2, 0) is 0 Å². The summed E-state index contributed by atoms with van der Waals surface area (Å²) in [7, 11) is 0. The Balaban J connectivity index is 5.73. The molecule has 0 nitrogen and oxygen atoms in total. The highest BCUT2D eigenvalue weighted by Gasteiger charge is 2.77. The molecular weight excluding hydrogens is 246 g/mol. The number of alkyl halides is 6. The predicted octanol–water partition coefficient (Wildman–Crippen LogP) is 4.98. The Bertz CT molecular complexity index is 251. The summed E-state index contributed by atoms with van der Waals surface area (Å²) in [4.78, 5) is 0. The topological polar surface area (TPSA) is 0 Å².